The molecule has 5 aliphatic rings. The summed E-state index contributed by atoms with van der Waals surface area (Å²) in [5.41, 5.74) is 0.678. The van der Waals surface area contributed by atoms with Crippen molar-refractivity contribution in [3.8, 4) is 11.5 Å². The largest absolute Gasteiger partial charge is 0.454 e. The summed E-state index contributed by atoms with van der Waals surface area (Å²) in [4.78, 5) is 32.3. The standard InChI is InChI=1S/C24H31N3O4/c28-23-3-1-2-20-18-10-16(13-27(20)23)12-26(14-18)19-6-8-25(9-7-19)24(29)17-4-5-21-22(11-17)31-15-30-21/h4-5,11,16,18-20H,1-3,6-10,12-15H2/t16?,18?,20-/m1/s1. The van der Waals surface area contributed by atoms with E-state index in [2.05, 4.69) is 9.80 Å². The molecule has 0 spiro atoms. The van der Waals surface area contributed by atoms with Crippen LogP contribution in [0.2, 0.25) is 0 Å². The van der Waals surface area contributed by atoms with E-state index in [1.165, 1.54) is 12.8 Å². The van der Waals surface area contributed by atoms with Crippen LogP contribution in [0.3, 0.4) is 0 Å². The Kier molecular flexibility index (Phi) is 4.82. The Bertz CT molecular complexity index is 882. The van der Waals surface area contributed by atoms with Crippen LogP contribution in [0.25, 0.3) is 0 Å². The zero-order valence-corrected chi connectivity index (χ0v) is 18.0. The molecule has 7 heteroatoms. The molecule has 7 nitrogen and oxygen atoms in total. The lowest BCUT2D eigenvalue weighted by Gasteiger charge is -2.54. The smallest absolute Gasteiger partial charge is 0.253 e. The number of hydrogen-bond donors (Lipinski definition) is 0. The van der Waals surface area contributed by atoms with E-state index in [1.807, 2.05) is 17.0 Å². The van der Waals surface area contributed by atoms with Crippen LogP contribution in [0.15, 0.2) is 18.2 Å². The summed E-state index contributed by atoms with van der Waals surface area (Å²) in [6.45, 7) is 5.01. The maximum Gasteiger partial charge on any atom is 0.253 e. The fourth-order valence-corrected chi connectivity index (χ4v) is 6.59. The van der Waals surface area contributed by atoms with E-state index in [-0.39, 0.29) is 12.7 Å². The van der Waals surface area contributed by atoms with E-state index in [1.54, 1.807) is 6.07 Å². The lowest BCUT2D eigenvalue weighted by molar-refractivity contribution is -0.145. The van der Waals surface area contributed by atoms with Gasteiger partial charge in [-0.05, 0) is 62.1 Å². The molecule has 0 aliphatic carbocycles. The van der Waals surface area contributed by atoms with Crippen molar-refractivity contribution < 1.29 is 19.1 Å². The number of piperidine rings is 4. The predicted octanol–water partition coefficient (Wildman–Crippen LogP) is 2.35. The van der Waals surface area contributed by atoms with Crippen molar-refractivity contribution in [2.75, 3.05) is 39.5 Å². The second kappa shape index (κ2) is 7.69. The Balaban J connectivity index is 1.08. The van der Waals surface area contributed by atoms with Gasteiger partial charge in [0.05, 0.1) is 0 Å². The van der Waals surface area contributed by atoms with Gasteiger partial charge < -0.3 is 19.3 Å². The summed E-state index contributed by atoms with van der Waals surface area (Å²) in [6.07, 6.45) is 6.33. The highest BCUT2D eigenvalue weighted by atomic mass is 16.7. The molecule has 1 aromatic carbocycles. The van der Waals surface area contributed by atoms with Gasteiger partial charge in [0.25, 0.3) is 5.91 Å². The number of benzene rings is 1. The summed E-state index contributed by atoms with van der Waals surface area (Å²) in [5, 5.41) is 0. The van der Waals surface area contributed by atoms with Crippen molar-refractivity contribution in [3.63, 3.8) is 0 Å². The van der Waals surface area contributed by atoms with Gasteiger partial charge in [-0.2, -0.15) is 0 Å². The molecule has 31 heavy (non-hydrogen) atoms. The Hall–Kier alpha value is -2.28. The van der Waals surface area contributed by atoms with Crippen LogP contribution in [0.1, 0.15) is 48.9 Å². The van der Waals surface area contributed by atoms with E-state index in [4.69, 9.17) is 9.47 Å². The van der Waals surface area contributed by atoms with Gasteiger partial charge in [-0.3, -0.25) is 14.5 Å². The number of fused-ring (bicyclic) bond motifs is 5. The first kappa shape index (κ1) is 19.4. The van der Waals surface area contributed by atoms with Crippen LogP contribution in [0.5, 0.6) is 11.5 Å². The Morgan fingerprint density at radius 1 is 1.00 bits per heavy atom. The number of likely N-dealkylation sites (tertiary alicyclic amines) is 2. The zero-order valence-electron chi connectivity index (χ0n) is 18.0. The first-order valence-corrected chi connectivity index (χ1v) is 11.9. The fourth-order valence-electron chi connectivity index (χ4n) is 6.59. The highest BCUT2D eigenvalue weighted by molar-refractivity contribution is 5.95. The number of carbonyl (C=O) groups is 2. The predicted molar refractivity (Wildman–Crippen MR) is 114 cm³/mol. The summed E-state index contributed by atoms with van der Waals surface area (Å²) >= 11 is 0. The van der Waals surface area contributed by atoms with Crippen LogP contribution >= 0.6 is 0 Å². The van der Waals surface area contributed by atoms with Gasteiger partial charge in [0.2, 0.25) is 12.7 Å². The minimum atomic E-state index is 0.0867. The van der Waals surface area contributed by atoms with Crippen LogP contribution in [0, 0.1) is 11.8 Å². The maximum absolute atomic E-state index is 13.0. The van der Waals surface area contributed by atoms with Gasteiger partial charge in [-0.25, -0.2) is 0 Å². The SMILES string of the molecule is O=C(c1ccc2c(c1)OCO2)N1CCC(N2CC3CC(C2)[C@H]2CCCC(=O)N2C3)CC1. The highest BCUT2D eigenvalue weighted by Crippen LogP contribution is 2.39. The summed E-state index contributed by atoms with van der Waals surface area (Å²) in [6, 6.07) is 6.49. The van der Waals surface area contributed by atoms with Gasteiger partial charge in [0.15, 0.2) is 11.5 Å². The molecule has 2 unspecified atom stereocenters. The number of nitrogens with zero attached hydrogens (tertiary/aromatic N) is 3. The van der Waals surface area contributed by atoms with Crippen molar-refractivity contribution in [2.24, 2.45) is 11.8 Å². The van der Waals surface area contributed by atoms with Gasteiger partial charge in [-0.1, -0.05) is 0 Å². The highest BCUT2D eigenvalue weighted by Gasteiger charge is 2.45. The number of hydrogen-bond acceptors (Lipinski definition) is 5. The van der Waals surface area contributed by atoms with Crippen molar-refractivity contribution in [3.05, 3.63) is 23.8 Å². The number of rotatable bonds is 2. The molecule has 166 valence electrons. The molecule has 0 radical (unpaired) electrons. The van der Waals surface area contributed by atoms with Crippen molar-refractivity contribution in [1.82, 2.24) is 14.7 Å². The number of carbonyl (C=O) groups excluding carboxylic acids is 2. The second-order valence-electron chi connectivity index (χ2n) is 9.91. The molecular weight excluding hydrogens is 394 g/mol. The van der Waals surface area contributed by atoms with Gasteiger partial charge in [-0.15, -0.1) is 0 Å². The van der Waals surface area contributed by atoms with Crippen LogP contribution in [-0.2, 0) is 4.79 Å². The lowest BCUT2D eigenvalue weighted by atomic mass is 9.75. The summed E-state index contributed by atoms with van der Waals surface area (Å²) in [5.74, 6) is 3.09. The van der Waals surface area contributed by atoms with Crippen molar-refractivity contribution >= 4 is 11.8 Å². The second-order valence-corrected chi connectivity index (χ2v) is 9.91. The van der Waals surface area contributed by atoms with Gasteiger partial charge >= 0.3 is 0 Å². The number of ether oxygens (including phenoxy) is 2. The third-order valence-corrected chi connectivity index (χ3v) is 8.10. The minimum absolute atomic E-state index is 0.0867. The summed E-state index contributed by atoms with van der Waals surface area (Å²) in [7, 11) is 0. The van der Waals surface area contributed by atoms with Crippen LogP contribution in [-0.4, -0.2) is 78.1 Å². The molecule has 5 aliphatic heterocycles. The third kappa shape index (κ3) is 3.47. The molecule has 0 saturated carbocycles. The molecule has 3 atom stereocenters. The molecule has 0 aromatic heterocycles. The van der Waals surface area contributed by atoms with E-state index in [0.29, 0.717) is 46.9 Å². The molecule has 1 aromatic rings. The topological polar surface area (TPSA) is 62.3 Å². The first-order valence-electron chi connectivity index (χ1n) is 11.9. The fraction of sp³-hybridized carbons (Fsp3) is 0.667. The van der Waals surface area contributed by atoms with Crippen molar-refractivity contribution in [2.45, 2.75) is 50.6 Å². The monoisotopic (exact) mass is 425 g/mol. The quantitative estimate of drug-likeness (QED) is 0.728. The molecule has 2 bridgehead atoms. The molecule has 2 amide bonds. The minimum Gasteiger partial charge on any atom is -0.454 e. The molecule has 4 fully saturated rings. The maximum atomic E-state index is 13.0. The zero-order chi connectivity index (χ0) is 20.9. The Labute approximate surface area is 183 Å². The normalized spacial score (nSPS) is 31.0. The van der Waals surface area contributed by atoms with Crippen molar-refractivity contribution in [1.29, 1.82) is 0 Å². The third-order valence-electron chi connectivity index (χ3n) is 8.10. The molecule has 5 heterocycles. The molecule has 6 rings (SSSR count). The number of amides is 2. The van der Waals surface area contributed by atoms with Gasteiger partial charge in [0.1, 0.15) is 0 Å². The van der Waals surface area contributed by atoms with E-state index < -0.39 is 0 Å². The van der Waals surface area contributed by atoms with E-state index >= 15 is 0 Å². The Morgan fingerprint density at radius 3 is 2.71 bits per heavy atom. The van der Waals surface area contributed by atoms with E-state index in [9.17, 15) is 9.59 Å². The molecular formula is C24H31N3O4. The molecule has 4 saturated heterocycles. The van der Waals surface area contributed by atoms with Crippen LogP contribution in [0.4, 0.5) is 0 Å². The van der Waals surface area contributed by atoms with E-state index in [0.717, 1.165) is 58.4 Å². The molecule has 0 N–H and O–H groups in total. The summed E-state index contributed by atoms with van der Waals surface area (Å²) < 4.78 is 10.8. The average molecular weight is 426 g/mol. The lowest BCUT2D eigenvalue weighted by Crippen LogP contribution is -2.62. The Morgan fingerprint density at radius 2 is 1.84 bits per heavy atom. The average Bonchev–Trinajstić information content (AvgIpc) is 3.27. The van der Waals surface area contributed by atoms with Crippen LogP contribution < -0.4 is 9.47 Å². The first-order chi connectivity index (χ1) is 15.2. The van der Waals surface area contributed by atoms with Gasteiger partial charge in [0, 0.05) is 56.8 Å².